The van der Waals surface area contributed by atoms with Crippen LogP contribution >= 0.6 is 34.2 Å². The third-order valence-electron chi connectivity index (χ3n) is 4.23. The Morgan fingerprint density at radius 3 is 2.05 bits per heavy atom. The molecule has 0 aromatic heterocycles. The topological polar surface area (TPSA) is 24.7 Å². The van der Waals surface area contributed by atoms with Crippen LogP contribution in [0.5, 0.6) is 0 Å². The van der Waals surface area contributed by atoms with Crippen LogP contribution in [0.2, 0.25) is 5.02 Å². The average Bonchev–Trinajstić information content (AvgIpc) is 2.47. The van der Waals surface area contributed by atoms with Crippen LogP contribution in [0.1, 0.15) is 33.4 Å². The molecule has 0 amide bonds. The molecule has 0 radical (unpaired) electrons. The van der Waals surface area contributed by atoms with E-state index in [0.717, 1.165) is 38.7 Å². The maximum atomic E-state index is 6.29. The highest BCUT2D eigenvalue weighted by molar-refractivity contribution is 14.1. The molecule has 116 valence electrons. The van der Waals surface area contributed by atoms with Gasteiger partial charge in [-0.15, -0.1) is 5.11 Å². The maximum Gasteiger partial charge on any atom is 0.0918 e. The highest BCUT2D eigenvalue weighted by Crippen LogP contribution is 2.34. The van der Waals surface area contributed by atoms with E-state index in [-0.39, 0.29) is 0 Å². The fourth-order valence-corrected chi connectivity index (χ4v) is 3.48. The van der Waals surface area contributed by atoms with Gasteiger partial charge in [0.05, 0.1) is 11.4 Å². The molecule has 0 spiro atoms. The van der Waals surface area contributed by atoms with Crippen molar-refractivity contribution in [3.05, 3.63) is 54.1 Å². The second-order valence-corrected chi connectivity index (χ2v) is 7.29. The zero-order valence-electron chi connectivity index (χ0n) is 13.8. The minimum atomic E-state index is 0.814. The van der Waals surface area contributed by atoms with E-state index >= 15 is 0 Å². The van der Waals surface area contributed by atoms with Crippen molar-refractivity contribution < 1.29 is 0 Å². The summed E-state index contributed by atoms with van der Waals surface area (Å²) in [5, 5.41) is 9.84. The van der Waals surface area contributed by atoms with Gasteiger partial charge >= 0.3 is 0 Å². The molecule has 0 fully saturated rings. The monoisotopic (exact) mass is 426 g/mol. The number of hydrogen-bond acceptors (Lipinski definition) is 2. The van der Waals surface area contributed by atoms with Crippen LogP contribution in [0.3, 0.4) is 0 Å². The van der Waals surface area contributed by atoms with Crippen LogP contribution < -0.4 is 0 Å². The standard InChI is InChI=1S/C18H20ClIN2/c1-9-8-16(12(4)13(5)17(9)19)21-22-18-10(2)7-15(20)11(3)14(18)6/h7-8H,1-6H3. The van der Waals surface area contributed by atoms with E-state index in [1.54, 1.807) is 0 Å². The predicted molar refractivity (Wildman–Crippen MR) is 103 cm³/mol. The van der Waals surface area contributed by atoms with Gasteiger partial charge in [0.1, 0.15) is 0 Å². The molecule has 0 saturated heterocycles. The SMILES string of the molecule is Cc1cc(N=Nc2c(C)cc(I)c(C)c2C)c(C)c(C)c1Cl. The molecule has 0 bridgehead atoms. The van der Waals surface area contributed by atoms with Gasteiger partial charge in [0, 0.05) is 8.59 Å². The van der Waals surface area contributed by atoms with E-state index in [1.807, 2.05) is 26.8 Å². The zero-order valence-corrected chi connectivity index (χ0v) is 16.7. The lowest BCUT2D eigenvalue weighted by Gasteiger charge is -2.11. The summed E-state index contributed by atoms with van der Waals surface area (Å²) in [6, 6.07) is 4.15. The van der Waals surface area contributed by atoms with E-state index in [9.17, 15) is 0 Å². The molecule has 0 N–H and O–H groups in total. The summed E-state index contributed by atoms with van der Waals surface area (Å²) >= 11 is 8.65. The molecule has 2 aromatic rings. The Labute approximate surface area is 151 Å². The first-order valence-corrected chi connectivity index (χ1v) is 8.64. The van der Waals surface area contributed by atoms with Crippen molar-refractivity contribution in [2.45, 2.75) is 41.5 Å². The number of benzene rings is 2. The molecule has 0 heterocycles. The second-order valence-electron chi connectivity index (χ2n) is 5.75. The number of azo groups is 1. The van der Waals surface area contributed by atoms with E-state index in [0.29, 0.717) is 0 Å². The average molecular weight is 427 g/mol. The van der Waals surface area contributed by atoms with Gasteiger partial charge in [0.15, 0.2) is 0 Å². The summed E-state index contributed by atoms with van der Waals surface area (Å²) in [5.74, 6) is 0. The Balaban J connectivity index is 2.53. The maximum absolute atomic E-state index is 6.29. The van der Waals surface area contributed by atoms with Crippen LogP contribution in [0.15, 0.2) is 22.4 Å². The van der Waals surface area contributed by atoms with E-state index in [1.165, 1.54) is 14.7 Å². The van der Waals surface area contributed by atoms with E-state index in [2.05, 4.69) is 59.7 Å². The minimum Gasteiger partial charge on any atom is -0.150 e. The highest BCUT2D eigenvalue weighted by atomic mass is 127. The smallest absolute Gasteiger partial charge is 0.0918 e. The van der Waals surface area contributed by atoms with Gasteiger partial charge in [-0.2, -0.15) is 5.11 Å². The zero-order chi connectivity index (χ0) is 16.6. The van der Waals surface area contributed by atoms with Crippen molar-refractivity contribution in [1.29, 1.82) is 0 Å². The van der Waals surface area contributed by atoms with Gasteiger partial charge in [0.2, 0.25) is 0 Å². The molecule has 22 heavy (non-hydrogen) atoms. The third-order valence-corrected chi connectivity index (χ3v) is 5.93. The molecule has 2 nitrogen and oxygen atoms in total. The van der Waals surface area contributed by atoms with Crippen LogP contribution in [-0.4, -0.2) is 0 Å². The first kappa shape index (κ1) is 17.4. The van der Waals surface area contributed by atoms with E-state index < -0.39 is 0 Å². The highest BCUT2D eigenvalue weighted by Gasteiger charge is 2.10. The summed E-state index contributed by atoms with van der Waals surface area (Å²) in [4.78, 5) is 0. The third kappa shape index (κ3) is 3.20. The van der Waals surface area contributed by atoms with Gasteiger partial charge < -0.3 is 0 Å². The Bertz CT molecular complexity index is 780. The molecule has 0 unspecified atom stereocenters. The fraction of sp³-hybridized carbons (Fsp3) is 0.333. The molecule has 4 heteroatoms. The van der Waals surface area contributed by atoms with Crippen LogP contribution in [0.25, 0.3) is 0 Å². The van der Waals surface area contributed by atoms with Crippen molar-refractivity contribution in [3.63, 3.8) is 0 Å². The van der Waals surface area contributed by atoms with Crippen LogP contribution in [-0.2, 0) is 0 Å². The second kappa shape index (κ2) is 6.67. The van der Waals surface area contributed by atoms with Crippen molar-refractivity contribution in [2.24, 2.45) is 10.2 Å². The van der Waals surface area contributed by atoms with Crippen molar-refractivity contribution in [2.75, 3.05) is 0 Å². The molecular formula is C18H20ClIN2. The van der Waals surface area contributed by atoms with Crippen molar-refractivity contribution in [1.82, 2.24) is 0 Å². The van der Waals surface area contributed by atoms with Crippen molar-refractivity contribution in [3.8, 4) is 0 Å². The fourth-order valence-electron chi connectivity index (χ4n) is 2.41. The van der Waals surface area contributed by atoms with Gasteiger partial charge in [-0.05, 0) is 110 Å². The number of nitrogens with zero attached hydrogens (tertiary/aromatic N) is 2. The quantitative estimate of drug-likeness (QED) is 0.358. The lowest BCUT2D eigenvalue weighted by Crippen LogP contribution is -1.90. The molecule has 0 atom stereocenters. The Morgan fingerprint density at radius 1 is 0.773 bits per heavy atom. The van der Waals surface area contributed by atoms with Crippen LogP contribution in [0.4, 0.5) is 11.4 Å². The molecule has 0 aliphatic carbocycles. The summed E-state index contributed by atoms with van der Waals surface area (Å²) in [5.41, 5.74) is 8.63. The van der Waals surface area contributed by atoms with Gasteiger partial charge in [-0.1, -0.05) is 11.6 Å². The molecule has 2 rings (SSSR count). The minimum absolute atomic E-state index is 0.814. The number of rotatable bonds is 2. The largest absolute Gasteiger partial charge is 0.150 e. The van der Waals surface area contributed by atoms with Gasteiger partial charge in [0.25, 0.3) is 0 Å². The van der Waals surface area contributed by atoms with Crippen LogP contribution in [0, 0.1) is 45.1 Å². The Hall–Kier alpha value is -0.940. The molecule has 0 aliphatic rings. The van der Waals surface area contributed by atoms with E-state index in [4.69, 9.17) is 11.6 Å². The lowest BCUT2D eigenvalue weighted by molar-refractivity contribution is 1.14. The Morgan fingerprint density at radius 2 is 1.41 bits per heavy atom. The molecule has 2 aromatic carbocycles. The summed E-state index contributed by atoms with van der Waals surface area (Å²) in [6.07, 6.45) is 0. The number of halogens is 2. The first-order valence-electron chi connectivity index (χ1n) is 7.18. The van der Waals surface area contributed by atoms with Gasteiger partial charge in [-0.3, -0.25) is 0 Å². The molecular weight excluding hydrogens is 407 g/mol. The summed E-state index contributed by atoms with van der Waals surface area (Å²) in [6.45, 7) is 12.4. The Kier molecular flexibility index (Phi) is 5.28. The summed E-state index contributed by atoms with van der Waals surface area (Å²) in [7, 11) is 0. The molecule has 0 aliphatic heterocycles. The van der Waals surface area contributed by atoms with Gasteiger partial charge in [-0.25, -0.2) is 0 Å². The number of aryl methyl sites for hydroxylation is 2. The lowest BCUT2D eigenvalue weighted by atomic mass is 10.0. The van der Waals surface area contributed by atoms with Crippen molar-refractivity contribution >= 4 is 45.6 Å². The number of hydrogen-bond donors (Lipinski definition) is 0. The molecule has 0 saturated carbocycles. The normalized spacial score (nSPS) is 11.5. The first-order chi connectivity index (χ1) is 10.2. The summed E-state index contributed by atoms with van der Waals surface area (Å²) < 4.78 is 1.26. The predicted octanol–water partition coefficient (Wildman–Crippen LogP) is 7.21.